The van der Waals surface area contributed by atoms with Crippen molar-refractivity contribution in [2.24, 2.45) is 0 Å². The van der Waals surface area contributed by atoms with E-state index in [2.05, 4.69) is 5.32 Å². The zero-order chi connectivity index (χ0) is 21.2. The van der Waals surface area contributed by atoms with Gasteiger partial charge in [0.25, 0.3) is 5.91 Å². The van der Waals surface area contributed by atoms with Crippen LogP contribution in [0, 0.1) is 0 Å². The minimum atomic E-state index is -0.649. The Kier molecular flexibility index (Phi) is 7.55. The molecule has 156 valence electrons. The third kappa shape index (κ3) is 6.44. The van der Waals surface area contributed by atoms with Crippen LogP contribution in [0.5, 0.6) is 23.0 Å². The van der Waals surface area contributed by atoms with Gasteiger partial charge in [-0.2, -0.15) is 0 Å². The van der Waals surface area contributed by atoms with Gasteiger partial charge in [0.1, 0.15) is 36.2 Å². The average Bonchev–Trinajstić information content (AvgIpc) is 2.79. The van der Waals surface area contributed by atoms with E-state index < -0.39 is 6.10 Å². The third-order valence-corrected chi connectivity index (χ3v) is 4.23. The second-order valence-electron chi connectivity index (χ2n) is 6.46. The number of hydrogen-bond donors (Lipinski definition) is 1. The van der Waals surface area contributed by atoms with Crippen molar-refractivity contribution >= 4 is 11.6 Å². The fraction of sp³-hybridized carbons (Fsp3) is 0.208. The highest BCUT2D eigenvalue weighted by Gasteiger charge is 2.15. The van der Waals surface area contributed by atoms with Gasteiger partial charge in [-0.1, -0.05) is 18.2 Å². The van der Waals surface area contributed by atoms with Gasteiger partial charge >= 0.3 is 0 Å². The first kappa shape index (κ1) is 21.0. The van der Waals surface area contributed by atoms with Gasteiger partial charge < -0.3 is 24.3 Å². The van der Waals surface area contributed by atoms with Crippen LogP contribution < -0.4 is 24.3 Å². The molecule has 0 aliphatic heterocycles. The molecule has 3 aromatic rings. The van der Waals surface area contributed by atoms with Crippen LogP contribution in [0.4, 0.5) is 5.69 Å². The molecule has 0 saturated carbocycles. The van der Waals surface area contributed by atoms with Crippen molar-refractivity contribution in [3.05, 3.63) is 78.9 Å². The predicted octanol–water partition coefficient (Wildman–Crippen LogP) is 4.56. The largest absolute Gasteiger partial charge is 0.497 e. The molecule has 0 spiro atoms. The number of hydrogen-bond acceptors (Lipinski definition) is 5. The van der Waals surface area contributed by atoms with Gasteiger partial charge in [0.05, 0.1) is 7.11 Å². The number of ether oxygens (including phenoxy) is 4. The molecule has 0 radical (unpaired) electrons. The molecule has 0 aromatic heterocycles. The number of benzene rings is 3. The van der Waals surface area contributed by atoms with E-state index in [-0.39, 0.29) is 5.91 Å². The first-order valence-electron chi connectivity index (χ1n) is 9.66. The van der Waals surface area contributed by atoms with E-state index in [9.17, 15) is 4.79 Å². The lowest BCUT2D eigenvalue weighted by Crippen LogP contribution is -2.30. The summed E-state index contributed by atoms with van der Waals surface area (Å²) in [5, 5.41) is 2.83. The molecule has 0 fully saturated rings. The summed E-state index contributed by atoms with van der Waals surface area (Å²) in [6.45, 7) is 2.57. The van der Waals surface area contributed by atoms with Crippen molar-refractivity contribution in [3.63, 3.8) is 0 Å². The van der Waals surface area contributed by atoms with Crippen LogP contribution in [0.2, 0.25) is 0 Å². The second-order valence-corrected chi connectivity index (χ2v) is 6.46. The van der Waals surface area contributed by atoms with E-state index in [0.29, 0.717) is 30.4 Å². The number of carbonyl (C=O) groups is 1. The lowest BCUT2D eigenvalue weighted by molar-refractivity contribution is -0.122. The standard InChI is InChI=1S/C24H25NO5/c1-18(30-23-14-12-20(27-2)13-15-23)24(26)25-19-8-10-22(11-9-19)29-17-16-28-21-6-4-3-5-7-21/h3-15,18H,16-17H2,1-2H3,(H,25,26). The zero-order valence-electron chi connectivity index (χ0n) is 17.0. The van der Waals surface area contributed by atoms with Gasteiger partial charge in [-0.15, -0.1) is 0 Å². The van der Waals surface area contributed by atoms with Crippen LogP contribution in [0.1, 0.15) is 6.92 Å². The maximum Gasteiger partial charge on any atom is 0.265 e. The Morgan fingerprint density at radius 2 is 1.30 bits per heavy atom. The Labute approximate surface area is 176 Å². The predicted molar refractivity (Wildman–Crippen MR) is 116 cm³/mol. The van der Waals surface area contributed by atoms with Gasteiger partial charge in [0.2, 0.25) is 0 Å². The smallest absolute Gasteiger partial charge is 0.265 e. The van der Waals surface area contributed by atoms with Crippen LogP contribution in [0.25, 0.3) is 0 Å². The fourth-order valence-corrected chi connectivity index (χ4v) is 2.63. The van der Waals surface area contributed by atoms with Gasteiger partial charge in [-0.05, 0) is 67.6 Å². The summed E-state index contributed by atoms with van der Waals surface area (Å²) in [6, 6.07) is 23.8. The summed E-state index contributed by atoms with van der Waals surface area (Å²) in [6.07, 6.45) is -0.649. The monoisotopic (exact) mass is 407 g/mol. The second kappa shape index (κ2) is 10.8. The average molecular weight is 407 g/mol. The number of para-hydroxylation sites is 1. The summed E-state index contributed by atoms with van der Waals surface area (Å²) in [4.78, 5) is 12.4. The van der Waals surface area contributed by atoms with E-state index in [1.165, 1.54) is 0 Å². The van der Waals surface area contributed by atoms with Gasteiger partial charge in [-0.25, -0.2) is 0 Å². The first-order valence-corrected chi connectivity index (χ1v) is 9.66. The molecular weight excluding hydrogens is 382 g/mol. The summed E-state index contributed by atoms with van der Waals surface area (Å²) >= 11 is 0. The van der Waals surface area contributed by atoms with Crippen molar-refractivity contribution < 1.29 is 23.7 Å². The summed E-state index contributed by atoms with van der Waals surface area (Å²) in [7, 11) is 1.60. The topological polar surface area (TPSA) is 66.0 Å². The van der Waals surface area contributed by atoms with Crippen LogP contribution in [0.3, 0.4) is 0 Å². The molecule has 0 aliphatic rings. The molecule has 1 N–H and O–H groups in total. The fourth-order valence-electron chi connectivity index (χ4n) is 2.63. The van der Waals surface area contributed by atoms with Gasteiger partial charge in [-0.3, -0.25) is 4.79 Å². The lowest BCUT2D eigenvalue weighted by atomic mass is 10.2. The molecule has 0 saturated heterocycles. The highest BCUT2D eigenvalue weighted by molar-refractivity contribution is 5.94. The molecule has 1 amide bonds. The van der Waals surface area contributed by atoms with Crippen molar-refractivity contribution in [1.29, 1.82) is 0 Å². The molecule has 1 unspecified atom stereocenters. The molecule has 3 rings (SSSR count). The van der Waals surface area contributed by atoms with Crippen molar-refractivity contribution in [1.82, 2.24) is 0 Å². The number of amides is 1. The maximum absolute atomic E-state index is 12.4. The number of nitrogens with one attached hydrogen (secondary N) is 1. The van der Waals surface area contributed by atoms with E-state index >= 15 is 0 Å². The van der Waals surface area contributed by atoms with Crippen molar-refractivity contribution in [2.45, 2.75) is 13.0 Å². The molecule has 6 nitrogen and oxygen atoms in total. The normalized spacial score (nSPS) is 11.3. The molecule has 1 atom stereocenters. The van der Waals surface area contributed by atoms with E-state index in [4.69, 9.17) is 18.9 Å². The number of anilines is 1. The summed E-state index contributed by atoms with van der Waals surface area (Å²) < 4.78 is 22.0. The lowest BCUT2D eigenvalue weighted by Gasteiger charge is -2.15. The molecule has 0 bridgehead atoms. The van der Waals surface area contributed by atoms with E-state index in [1.54, 1.807) is 62.6 Å². The number of rotatable bonds is 10. The maximum atomic E-state index is 12.4. The van der Waals surface area contributed by atoms with E-state index in [1.807, 2.05) is 30.3 Å². The van der Waals surface area contributed by atoms with Gasteiger partial charge in [0.15, 0.2) is 6.10 Å². The Bertz CT molecular complexity index is 911. The Hall–Kier alpha value is -3.67. The van der Waals surface area contributed by atoms with Gasteiger partial charge in [0, 0.05) is 5.69 Å². The Balaban J connectivity index is 1.41. The first-order chi connectivity index (χ1) is 14.6. The summed E-state index contributed by atoms with van der Waals surface area (Å²) in [5.41, 5.74) is 0.665. The zero-order valence-corrected chi connectivity index (χ0v) is 17.0. The Morgan fingerprint density at radius 1 is 0.767 bits per heavy atom. The molecular formula is C24H25NO5. The summed E-state index contributed by atoms with van der Waals surface area (Å²) in [5.74, 6) is 2.60. The SMILES string of the molecule is COc1ccc(OC(C)C(=O)Nc2ccc(OCCOc3ccccc3)cc2)cc1. The molecule has 0 heterocycles. The van der Waals surface area contributed by atoms with E-state index in [0.717, 1.165) is 11.5 Å². The third-order valence-electron chi connectivity index (χ3n) is 4.23. The van der Waals surface area contributed by atoms with Crippen LogP contribution in [-0.4, -0.2) is 32.3 Å². The minimum Gasteiger partial charge on any atom is -0.497 e. The van der Waals surface area contributed by atoms with Crippen LogP contribution in [-0.2, 0) is 4.79 Å². The molecule has 6 heteroatoms. The minimum absolute atomic E-state index is 0.240. The van der Waals surface area contributed by atoms with Crippen LogP contribution in [0.15, 0.2) is 78.9 Å². The Morgan fingerprint density at radius 3 is 1.90 bits per heavy atom. The molecule has 3 aromatic carbocycles. The van der Waals surface area contributed by atoms with Crippen LogP contribution >= 0.6 is 0 Å². The number of methoxy groups -OCH3 is 1. The van der Waals surface area contributed by atoms with Crippen molar-refractivity contribution in [3.8, 4) is 23.0 Å². The quantitative estimate of drug-likeness (QED) is 0.499. The van der Waals surface area contributed by atoms with Crippen molar-refractivity contribution in [2.75, 3.05) is 25.6 Å². The number of carbonyl (C=O) groups excluding carboxylic acids is 1. The molecule has 0 aliphatic carbocycles. The molecule has 30 heavy (non-hydrogen) atoms. The highest BCUT2D eigenvalue weighted by atomic mass is 16.5. The highest BCUT2D eigenvalue weighted by Crippen LogP contribution is 2.19.